The Hall–Kier alpha value is -4.00. The van der Waals surface area contributed by atoms with E-state index >= 15 is 0 Å². The maximum absolute atomic E-state index is 13.8. The molecule has 0 unspecified atom stereocenters. The highest BCUT2D eigenvalue weighted by Gasteiger charge is 2.74. The Balaban J connectivity index is 1.65. The second-order valence-corrected chi connectivity index (χ2v) is 8.39. The molecule has 0 spiro atoms. The molecule has 1 saturated heterocycles. The summed E-state index contributed by atoms with van der Waals surface area (Å²) in [5, 5.41) is 12.9. The van der Waals surface area contributed by atoms with Gasteiger partial charge in [-0.15, -0.1) is 0 Å². The molecule has 4 aliphatic rings. The lowest BCUT2D eigenvalue weighted by atomic mass is 9.51. The minimum atomic E-state index is -1.81. The molecule has 2 bridgehead atoms. The third kappa shape index (κ3) is 2.01. The van der Waals surface area contributed by atoms with Gasteiger partial charge in [0.25, 0.3) is 5.54 Å². The number of nitrogens with zero attached hydrogens (tertiary/aromatic N) is 2. The first-order valence-electron chi connectivity index (χ1n) is 10.4. The molecule has 2 amide bonds. The van der Waals surface area contributed by atoms with Gasteiger partial charge in [-0.2, -0.15) is 0 Å². The maximum atomic E-state index is 13.8. The van der Waals surface area contributed by atoms with Gasteiger partial charge in [0.05, 0.1) is 18.7 Å². The quantitative estimate of drug-likeness (QED) is 0.363. The van der Waals surface area contributed by atoms with Crippen LogP contribution in [0.25, 0.3) is 0 Å². The standard InChI is InChI=1S/C25H18N2O5/c1-32-15-8-6-7-14(13-15)26-23(28)21-20-16-9-2-4-11-18(16)25(27(30)31,22(21)24(26)29)19-12-5-3-10-17(19)20/h2-13,20-22H,1H3/t20?,21-,22-,25?/m1/s1. The number of rotatable bonds is 3. The Morgan fingerprint density at radius 3 is 2.12 bits per heavy atom. The summed E-state index contributed by atoms with van der Waals surface area (Å²) in [7, 11) is 1.50. The van der Waals surface area contributed by atoms with Crippen LogP contribution >= 0.6 is 0 Å². The number of nitro groups is 1. The van der Waals surface area contributed by atoms with Gasteiger partial charge in [0.2, 0.25) is 11.8 Å². The van der Waals surface area contributed by atoms with Gasteiger partial charge in [-0.25, -0.2) is 4.90 Å². The minimum absolute atomic E-state index is 0.361. The van der Waals surface area contributed by atoms with E-state index in [4.69, 9.17) is 4.74 Å². The summed E-state index contributed by atoms with van der Waals surface area (Å²) in [6, 6.07) is 21.0. The van der Waals surface area contributed by atoms with Crippen LogP contribution in [0.5, 0.6) is 5.75 Å². The zero-order valence-corrected chi connectivity index (χ0v) is 17.1. The van der Waals surface area contributed by atoms with Crippen molar-refractivity contribution in [3.63, 3.8) is 0 Å². The van der Waals surface area contributed by atoms with Crippen LogP contribution in [0.4, 0.5) is 5.69 Å². The van der Waals surface area contributed by atoms with Crippen LogP contribution in [-0.4, -0.2) is 23.8 Å². The summed E-state index contributed by atoms with van der Waals surface area (Å²) in [6.45, 7) is 0. The van der Waals surface area contributed by atoms with Crippen molar-refractivity contribution in [2.45, 2.75) is 11.5 Å². The topological polar surface area (TPSA) is 89.8 Å². The molecule has 3 aromatic carbocycles. The van der Waals surface area contributed by atoms with Crippen molar-refractivity contribution in [2.24, 2.45) is 11.8 Å². The van der Waals surface area contributed by atoms with E-state index in [0.29, 0.717) is 22.6 Å². The van der Waals surface area contributed by atoms with Gasteiger partial charge >= 0.3 is 0 Å². The molecule has 1 heterocycles. The highest BCUT2D eigenvalue weighted by Crippen LogP contribution is 2.64. The van der Waals surface area contributed by atoms with Gasteiger partial charge in [-0.3, -0.25) is 19.7 Å². The molecule has 2 atom stereocenters. The van der Waals surface area contributed by atoms with Crippen molar-refractivity contribution in [1.29, 1.82) is 0 Å². The monoisotopic (exact) mass is 426 g/mol. The number of imide groups is 1. The number of hydrogen-bond acceptors (Lipinski definition) is 5. The molecular weight excluding hydrogens is 408 g/mol. The zero-order valence-electron chi connectivity index (χ0n) is 17.1. The third-order valence-electron chi connectivity index (χ3n) is 7.17. The van der Waals surface area contributed by atoms with Crippen molar-refractivity contribution < 1.29 is 19.2 Å². The second-order valence-electron chi connectivity index (χ2n) is 8.39. The fourth-order valence-corrected chi connectivity index (χ4v) is 6.05. The highest BCUT2D eigenvalue weighted by atomic mass is 16.6. The molecule has 1 fully saturated rings. The number of carbonyl (C=O) groups excluding carboxylic acids is 2. The van der Waals surface area contributed by atoms with Crippen molar-refractivity contribution in [3.8, 4) is 5.75 Å². The summed E-state index contributed by atoms with van der Waals surface area (Å²) >= 11 is 0. The zero-order chi connectivity index (χ0) is 22.2. The first-order chi connectivity index (χ1) is 15.5. The van der Waals surface area contributed by atoms with Gasteiger partial charge in [0.15, 0.2) is 0 Å². The summed E-state index contributed by atoms with van der Waals surface area (Å²) in [4.78, 5) is 41.2. The van der Waals surface area contributed by atoms with Crippen LogP contribution in [-0.2, 0) is 15.1 Å². The van der Waals surface area contributed by atoms with Gasteiger partial charge in [0.1, 0.15) is 11.7 Å². The average Bonchev–Trinajstić information content (AvgIpc) is 3.09. The molecule has 3 aromatic rings. The first kappa shape index (κ1) is 18.7. The number of ether oxygens (including phenoxy) is 1. The predicted molar refractivity (Wildman–Crippen MR) is 115 cm³/mol. The average molecular weight is 426 g/mol. The van der Waals surface area contributed by atoms with E-state index in [9.17, 15) is 19.7 Å². The fourth-order valence-electron chi connectivity index (χ4n) is 6.05. The molecule has 32 heavy (non-hydrogen) atoms. The molecule has 1 aliphatic heterocycles. The first-order valence-corrected chi connectivity index (χ1v) is 10.4. The Bertz CT molecular complexity index is 1290. The molecule has 158 valence electrons. The van der Waals surface area contributed by atoms with Crippen molar-refractivity contribution in [2.75, 3.05) is 12.0 Å². The maximum Gasteiger partial charge on any atom is 0.285 e. The van der Waals surface area contributed by atoms with E-state index in [1.54, 1.807) is 48.5 Å². The van der Waals surface area contributed by atoms with Crippen LogP contribution in [0.15, 0.2) is 72.8 Å². The van der Waals surface area contributed by atoms with E-state index in [1.165, 1.54) is 7.11 Å². The largest absolute Gasteiger partial charge is 0.497 e. The van der Waals surface area contributed by atoms with E-state index in [1.807, 2.05) is 24.3 Å². The minimum Gasteiger partial charge on any atom is -0.497 e. The number of carbonyl (C=O) groups is 2. The Labute approximate surface area is 183 Å². The van der Waals surface area contributed by atoms with E-state index in [2.05, 4.69) is 0 Å². The molecule has 0 radical (unpaired) electrons. The number of hydrogen-bond donors (Lipinski definition) is 0. The second kappa shape index (κ2) is 6.26. The summed E-state index contributed by atoms with van der Waals surface area (Å²) < 4.78 is 5.26. The molecular formula is C25H18N2O5. The Morgan fingerprint density at radius 1 is 0.906 bits per heavy atom. The van der Waals surface area contributed by atoms with Crippen LogP contribution in [0.2, 0.25) is 0 Å². The van der Waals surface area contributed by atoms with E-state index in [0.717, 1.165) is 16.0 Å². The van der Waals surface area contributed by atoms with E-state index in [-0.39, 0.29) is 4.92 Å². The van der Waals surface area contributed by atoms with Gasteiger partial charge in [0, 0.05) is 28.0 Å². The summed E-state index contributed by atoms with van der Waals surface area (Å²) in [5.74, 6) is -2.83. The molecule has 0 saturated carbocycles. The van der Waals surface area contributed by atoms with Crippen molar-refractivity contribution in [1.82, 2.24) is 0 Å². The normalized spacial score (nSPS) is 27.0. The van der Waals surface area contributed by atoms with Gasteiger partial charge in [-0.1, -0.05) is 54.6 Å². The van der Waals surface area contributed by atoms with Gasteiger partial charge < -0.3 is 4.74 Å². The summed E-state index contributed by atoms with van der Waals surface area (Å²) in [6.07, 6.45) is 0. The smallest absolute Gasteiger partial charge is 0.285 e. The number of methoxy groups -OCH3 is 1. The van der Waals surface area contributed by atoms with E-state index < -0.39 is 35.1 Å². The number of anilines is 1. The molecule has 3 aliphatic carbocycles. The third-order valence-corrected chi connectivity index (χ3v) is 7.17. The molecule has 0 aromatic heterocycles. The predicted octanol–water partition coefficient (Wildman–Crippen LogP) is 3.48. The lowest BCUT2D eigenvalue weighted by molar-refractivity contribution is -0.578. The van der Waals surface area contributed by atoms with Crippen LogP contribution < -0.4 is 9.64 Å². The molecule has 7 nitrogen and oxygen atoms in total. The van der Waals surface area contributed by atoms with Crippen molar-refractivity contribution >= 4 is 17.5 Å². The molecule has 7 rings (SSSR count). The summed E-state index contributed by atoms with van der Waals surface area (Å²) in [5.41, 5.74) is 1.05. The van der Waals surface area contributed by atoms with Gasteiger partial charge in [-0.05, 0) is 23.3 Å². The lowest BCUT2D eigenvalue weighted by Gasteiger charge is -2.48. The number of amides is 2. The van der Waals surface area contributed by atoms with Crippen LogP contribution in [0, 0.1) is 22.0 Å². The lowest BCUT2D eigenvalue weighted by Crippen LogP contribution is -2.57. The van der Waals surface area contributed by atoms with Crippen molar-refractivity contribution in [3.05, 3.63) is 105 Å². The fraction of sp³-hybridized carbons (Fsp3) is 0.200. The SMILES string of the molecule is COc1cccc(N2C(=O)[C@@H]3C4c5ccccc5C([N+](=O)[O-])(c5ccccc54)[C@H]3C2=O)c1. The Morgan fingerprint density at radius 2 is 1.53 bits per heavy atom. The van der Waals surface area contributed by atoms with Crippen LogP contribution in [0.1, 0.15) is 28.2 Å². The number of benzene rings is 3. The highest BCUT2D eigenvalue weighted by molar-refractivity contribution is 6.23. The Kier molecular flexibility index (Phi) is 3.67. The van der Waals surface area contributed by atoms with Crippen LogP contribution in [0.3, 0.4) is 0 Å². The molecule has 7 heteroatoms. The molecule has 0 N–H and O–H groups in total.